The van der Waals surface area contributed by atoms with Gasteiger partial charge < -0.3 is 14.8 Å². The predicted molar refractivity (Wildman–Crippen MR) is 91.4 cm³/mol. The Hall–Kier alpha value is -2.18. The van der Waals surface area contributed by atoms with Crippen molar-refractivity contribution in [2.75, 3.05) is 20.3 Å². The minimum atomic E-state index is -0.879. The number of ether oxygens (including phenoxy) is 2. The highest BCUT2D eigenvalue weighted by molar-refractivity contribution is 6.30. The van der Waals surface area contributed by atoms with Crippen LogP contribution < -0.4 is 10.1 Å². The van der Waals surface area contributed by atoms with Crippen LogP contribution >= 0.6 is 11.6 Å². The maximum absolute atomic E-state index is 14.9. The van der Waals surface area contributed by atoms with Crippen LogP contribution in [0.1, 0.15) is 28.8 Å². The number of pyridine rings is 1. The van der Waals surface area contributed by atoms with Crippen LogP contribution in [0.15, 0.2) is 36.7 Å². The summed E-state index contributed by atoms with van der Waals surface area (Å²) < 4.78 is 25.4. The smallest absolute Gasteiger partial charge is 0.253 e. The lowest BCUT2D eigenvalue weighted by Gasteiger charge is -2.38. The summed E-state index contributed by atoms with van der Waals surface area (Å²) >= 11 is 5.91. The average Bonchev–Trinajstić information content (AvgIpc) is 2.62. The van der Waals surface area contributed by atoms with E-state index in [0.29, 0.717) is 42.2 Å². The number of hydrogen-bond donors (Lipinski definition) is 1. The van der Waals surface area contributed by atoms with E-state index in [1.54, 1.807) is 18.2 Å². The third kappa shape index (κ3) is 3.60. The van der Waals surface area contributed by atoms with Crippen molar-refractivity contribution in [2.24, 2.45) is 0 Å². The number of methoxy groups -OCH3 is 1. The normalized spacial score (nSPS) is 16.3. The van der Waals surface area contributed by atoms with E-state index in [9.17, 15) is 9.18 Å². The Bertz CT molecular complexity index is 779. The van der Waals surface area contributed by atoms with Gasteiger partial charge >= 0.3 is 0 Å². The number of benzene rings is 1. The monoisotopic (exact) mass is 364 g/mol. The molecule has 0 spiro atoms. The Kier molecular flexibility index (Phi) is 5.20. The maximum atomic E-state index is 14.9. The van der Waals surface area contributed by atoms with Crippen molar-refractivity contribution in [3.05, 3.63) is 58.6 Å². The Labute approximate surface area is 150 Å². The highest BCUT2D eigenvalue weighted by Crippen LogP contribution is 2.36. The SMILES string of the molecule is COc1cccc(C2(NC(=O)c3cncc(Cl)c3)CCOCC2)c1F. The van der Waals surface area contributed by atoms with Crippen LogP contribution in [-0.2, 0) is 10.3 Å². The van der Waals surface area contributed by atoms with Gasteiger partial charge in [0.15, 0.2) is 11.6 Å². The van der Waals surface area contributed by atoms with Crippen LogP contribution in [0.25, 0.3) is 0 Å². The van der Waals surface area contributed by atoms with Crippen LogP contribution in [0.3, 0.4) is 0 Å². The molecule has 2 heterocycles. The molecule has 25 heavy (non-hydrogen) atoms. The molecule has 0 radical (unpaired) electrons. The van der Waals surface area contributed by atoms with Gasteiger partial charge in [0.05, 0.1) is 23.2 Å². The van der Waals surface area contributed by atoms with Gasteiger partial charge in [0.25, 0.3) is 5.91 Å². The average molecular weight is 365 g/mol. The topological polar surface area (TPSA) is 60.5 Å². The maximum Gasteiger partial charge on any atom is 0.253 e. The first-order valence-electron chi connectivity index (χ1n) is 7.89. The number of carbonyl (C=O) groups is 1. The van der Waals surface area contributed by atoms with Gasteiger partial charge in [-0.3, -0.25) is 9.78 Å². The zero-order valence-electron chi connectivity index (χ0n) is 13.7. The van der Waals surface area contributed by atoms with Crippen molar-refractivity contribution < 1.29 is 18.7 Å². The summed E-state index contributed by atoms with van der Waals surface area (Å²) in [5, 5.41) is 3.33. The molecule has 1 saturated heterocycles. The number of nitrogens with one attached hydrogen (secondary N) is 1. The molecule has 5 nitrogen and oxygen atoms in total. The molecule has 1 aliphatic heterocycles. The van der Waals surface area contributed by atoms with Gasteiger partial charge in [-0.05, 0) is 25.0 Å². The summed E-state index contributed by atoms with van der Waals surface area (Å²) in [6.07, 6.45) is 3.79. The van der Waals surface area contributed by atoms with E-state index in [-0.39, 0.29) is 11.7 Å². The molecule has 0 atom stereocenters. The lowest BCUT2D eigenvalue weighted by atomic mass is 9.82. The summed E-state index contributed by atoms with van der Waals surface area (Å²) in [5.41, 5.74) is -0.170. The lowest BCUT2D eigenvalue weighted by molar-refractivity contribution is 0.0331. The summed E-state index contributed by atoms with van der Waals surface area (Å²) in [6.45, 7) is 0.843. The minimum absolute atomic E-state index is 0.141. The quantitative estimate of drug-likeness (QED) is 0.904. The molecule has 1 aromatic heterocycles. The minimum Gasteiger partial charge on any atom is -0.494 e. The first kappa shape index (κ1) is 17.6. The third-order valence-electron chi connectivity index (χ3n) is 4.36. The largest absolute Gasteiger partial charge is 0.494 e. The first-order valence-corrected chi connectivity index (χ1v) is 8.27. The summed E-state index contributed by atoms with van der Waals surface area (Å²) in [6, 6.07) is 6.45. The van der Waals surface area contributed by atoms with Crippen molar-refractivity contribution in [1.29, 1.82) is 0 Å². The molecule has 132 valence electrons. The fourth-order valence-corrected chi connectivity index (χ4v) is 3.22. The number of nitrogens with zero attached hydrogens (tertiary/aromatic N) is 1. The van der Waals surface area contributed by atoms with Gasteiger partial charge in [-0.1, -0.05) is 23.7 Å². The van der Waals surface area contributed by atoms with Crippen LogP contribution in [-0.4, -0.2) is 31.2 Å². The molecule has 1 aromatic carbocycles. The molecule has 2 aromatic rings. The first-order chi connectivity index (χ1) is 12.1. The second-order valence-electron chi connectivity index (χ2n) is 5.86. The molecular formula is C18H18ClFN2O3. The van der Waals surface area contributed by atoms with Gasteiger partial charge in [-0.2, -0.15) is 0 Å². The fourth-order valence-electron chi connectivity index (χ4n) is 3.05. The molecular weight excluding hydrogens is 347 g/mol. The summed E-state index contributed by atoms with van der Waals surface area (Å²) in [7, 11) is 1.41. The molecule has 0 saturated carbocycles. The van der Waals surface area contributed by atoms with Gasteiger partial charge in [0.2, 0.25) is 0 Å². The highest BCUT2D eigenvalue weighted by atomic mass is 35.5. The van der Waals surface area contributed by atoms with E-state index in [1.807, 2.05) is 0 Å². The fraction of sp³-hybridized carbons (Fsp3) is 0.333. The van der Waals surface area contributed by atoms with Gasteiger partial charge in [-0.25, -0.2) is 4.39 Å². The molecule has 1 amide bonds. The van der Waals surface area contributed by atoms with Crippen LogP contribution in [0.4, 0.5) is 4.39 Å². The van der Waals surface area contributed by atoms with Crippen molar-refractivity contribution in [3.63, 3.8) is 0 Å². The Morgan fingerprint density at radius 3 is 2.80 bits per heavy atom. The van der Waals surface area contributed by atoms with Crippen molar-refractivity contribution in [1.82, 2.24) is 10.3 Å². The molecule has 3 rings (SSSR count). The van der Waals surface area contributed by atoms with Gasteiger partial charge in [0, 0.05) is 31.2 Å². The molecule has 7 heteroatoms. The number of halogens is 2. The second kappa shape index (κ2) is 7.37. The molecule has 1 N–H and O–H groups in total. The van der Waals surface area contributed by atoms with E-state index in [0.717, 1.165) is 0 Å². The van der Waals surface area contributed by atoms with Crippen LogP contribution in [0.2, 0.25) is 5.02 Å². The molecule has 1 fully saturated rings. The number of aromatic nitrogens is 1. The van der Waals surface area contributed by atoms with E-state index < -0.39 is 11.4 Å². The van der Waals surface area contributed by atoms with Gasteiger partial charge in [0.1, 0.15) is 0 Å². The molecule has 0 aliphatic carbocycles. The molecule has 0 unspecified atom stereocenters. The number of rotatable bonds is 4. The van der Waals surface area contributed by atoms with Crippen LogP contribution in [0.5, 0.6) is 5.75 Å². The highest BCUT2D eigenvalue weighted by Gasteiger charge is 2.39. The van der Waals surface area contributed by atoms with Crippen molar-refractivity contribution in [2.45, 2.75) is 18.4 Å². The zero-order valence-corrected chi connectivity index (χ0v) is 14.5. The van der Waals surface area contributed by atoms with E-state index in [1.165, 1.54) is 25.6 Å². The standard InChI is InChI=1S/C18H18ClFN2O3/c1-24-15-4-2-3-14(16(15)20)18(5-7-25-8-6-18)22-17(23)12-9-13(19)11-21-10-12/h2-4,9-11H,5-8H2,1H3,(H,22,23). The number of carbonyl (C=O) groups excluding carboxylic acids is 1. The second-order valence-corrected chi connectivity index (χ2v) is 6.30. The Morgan fingerprint density at radius 2 is 2.12 bits per heavy atom. The van der Waals surface area contributed by atoms with E-state index >= 15 is 0 Å². The summed E-state index contributed by atoms with van der Waals surface area (Å²) in [5.74, 6) is -0.697. The zero-order chi connectivity index (χ0) is 17.9. The molecule has 0 bridgehead atoms. The van der Waals surface area contributed by atoms with E-state index in [2.05, 4.69) is 10.3 Å². The summed E-state index contributed by atoms with van der Waals surface area (Å²) in [4.78, 5) is 16.6. The predicted octanol–water partition coefficient (Wildman–Crippen LogP) is 3.32. The van der Waals surface area contributed by atoms with Crippen molar-refractivity contribution in [3.8, 4) is 5.75 Å². The number of amides is 1. The Balaban J connectivity index is 1.98. The van der Waals surface area contributed by atoms with Crippen molar-refractivity contribution >= 4 is 17.5 Å². The third-order valence-corrected chi connectivity index (χ3v) is 4.57. The Morgan fingerprint density at radius 1 is 1.36 bits per heavy atom. The molecule has 1 aliphatic rings. The lowest BCUT2D eigenvalue weighted by Crippen LogP contribution is -2.50. The van der Waals surface area contributed by atoms with Gasteiger partial charge in [-0.15, -0.1) is 0 Å². The van der Waals surface area contributed by atoms with E-state index in [4.69, 9.17) is 21.1 Å². The van der Waals surface area contributed by atoms with Crippen LogP contribution in [0, 0.1) is 5.82 Å². The number of hydrogen-bond acceptors (Lipinski definition) is 4.